The molecule has 0 saturated carbocycles. The second-order valence-electron chi connectivity index (χ2n) is 6.47. The molecule has 1 spiro atoms. The third-order valence-electron chi connectivity index (χ3n) is 4.80. The quantitative estimate of drug-likeness (QED) is 0.869. The van der Waals surface area contributed by atoms with Gasteiger partial charge in [0.2, 0.25) is 5.91 Å². The number of hydrogen-bond acceptors (Lipinski definition) is 5. The number of nitrogens with zero attached hydrogens (tertiary/aromatic N) is 3. The predicted octanol–water partition coefficient (Wildman–Crippen LogP) is 2.27. The van der Waals surface area contributed by atoms with Crippen LogP contribution in [-0.2, 0) is 16.1 Å². The molecule has 1 atom stereocenters. The van der Waals surface area contributed by atoms with Gasteiger partial charge in [0, 0.05) is 49.0 Å². The van der Waals surface area contributed by atoms with Crippen molar-refractivity contribution in [2.45, 2.75) is 25.8 Å². The van der Waals surface area contributed by atoms with Gasteiger partial charge < -0.3 is 14.2 Å². The summed E-state index contributed by atoms with van der Waals surface area (Å²) >= 11 is 0. The lowest BCUT2D eigenvalue weighted by atomic mass is 9.79. The molecular weight excluding hydrogens is 294 g/mol. The highest BCUT2D eigenvalue weighted by molar-refractivity contribution is 5.77. The summed E-state index contributed by atoms with van der Waals surface area (Å²) in [4.78, 5) is 18.2. The maximum absolute atomic E-state index is 12.2. The van der Waals surface area contributed by atoms with E-state index in [-0.39, 0.29) is 11.3 Å². The van der Waals surface area contributed by atoms with Gasteiger partial charge in [-0.05, 0) is 25.0 Å². The Morgan fingerprint density at radius 3 is 3.09 bits per heavy atom. The fourth-order valence-corrected chi connectivity index (χ4v) is 3.44. The molecule has 120 valence electrons. The summed E-state index contributed by atoms with van der Waals surface area (Å²) in [7, 11) is 0. The van der Waals surface area contributed by atoms with E-state index < -0.39 is 0 Å². The first-order valence-corrected chi connectivity index (χ1v) is 7.96. The lowest BCUT2D eigenvalue weighted by Gasteiger charge is -2.38. The monoisotopic (exact) mass is 313 g/mol. The van der Waals surface area contributed by atoms with Gasteiger partial charge in [-0.2, -0.15) is 0 Å². The predicted molar refractivity (Wildman–Crippen MR) is 82.3 cm³/mol. The number of rotatable bonds is 3. The summed E-state index contributed by atoms with van der Waals surface area (Å²) in [6.45, 7) is 2.77. The molecular formula is C17H19N3O3. The molecule has 0 unspecified atom stereocenters. The van der Waals surface area contributed by atoms with Crippen molar-refractivity contribution in [3.63, 3.8) is 0 Å². The molecule has 2 saturated heterocycles. The summed E-state index contributed by atoms with van der Waals surface area (Å²) in [5.74, 6) is 0.884. The number of amides is 1. The van der Waals surface area contributed by atoms with Crippen LogP contribution in [0.2, 0.25) is 0 Å². The van der Waals surface area contributed by atoms with Gasteiger partial charge in [0.05, 0.1) is 13.2 Å². The molecule has 0 radical (unpaired) electrons. The van der Waals surface area contributed by atoms with E-state index in [0.29, 0.717) is 18.7 Å². The Balaban J connectivity index is 1.49. The third-order valence-corrected chi connectivity index (χ3v) is 4.80. The molecule has 4 rings (SSSR count). The number of carbonyl (C=O) groups excluding carboxylic acids is 1. The van der Waals surface area contributed by atoms with E-state index >= 15 is 0 Å². The number of ether oxygens (including phenoxy) is 1. The van der Waals surface area contributed by atoms with Gasteiger partial charge in [0.1, 0.15) is 5.69 Å². The molecule has 2 fully saturated rings. The Bertz CT molecular complexity index is 692. The Morgan fingerprint density at radius 1 is 1.35 bits per heavy atom. The SMILES string of the molecule is O=C1CC[C@]2(CCOC2)CN1Cc1cc(-c2cccnc2)no1. The summed E-state index contributed by atoms with van der Waals surface area (Å²) in [5, 5.41) is 4.09. The number of likely N-dealkylation sites (tertiary alicyclic amines) is 1. The van der Waals surface area contributed by atoms with Gasteiger partial charge in [-0.3, -0.25) is 9.78 Å². The smallest absolute Gasteiger partial charge is 0.223 e. The molecule has 0 aromatic carbocycles. The topological polar surface area (TPSA) is 68.5 Å². The van der Waals surface area contributed by atoms with Crippen LogP contribution in [0.25, 0.3) is 11.3 Å². The minimum Gasteiger partial charge on any atom is -0.381 e. The van der Waals surface area contributed by atoms with Crippen LogP contribution in [0.3, 0.4) is 0 Å². The maximum Gasteiger partial charge on any atom is 0.223 e. The molecule has 0 bridgehead atoms. The van der Waals surface area contributed by atoms with Gasteiger partial charge in [-0.25, -0.2) is 0 Å². The van der Waals surface area contributed by atoms with Gasteiger partial charge >= 0.3 is 0 Å². The van der Waals surface area contributed by atoms with Crippen LogP contribution in [0.5, 0.6) is 0 Å². The zero-order valence-corrected chi connectivity index (χ0v) is 12.9. The van der Waals surface area contributed by atoms with Crippen LogP contribution in [0.15, 0.2) is 35.1 Å². The highest BCUT2D eigenvalue weighted by Crippen LogP contribution is 2.38. The lowest BCUT2D eigenvalue weighted by molar-refractivity contribution is -0.138. The minimum atomic E-state index is 0.139. The highest BCUT2D eigenvalue weighted by atomic mass is 16.5. The van der Waals surface area contributed by atoms with E-state index in [1.54, 1.807) is 12.4 Å². The standard InChI is InChI=1S/C17H19N3O3/c21-16-3-4-17(5-7-22-12-17)11-20(16)10-14-8-15(19-23-14)13-2-1-6-18-9-13/h1-2,6,8-9H,3-5,7,10-12H2/t17-/m0/s1. The van der Waals surface area contributed by atoms with Gasteiger partial charge in [-0.1, -0.05) is 5.16 Å². The fourth-order valence-electron chi connectivity index (χ4n) is 3.44. The summed E-state index contributed by atoms with van der Waals surface area (Å²) in [6.07, 6.45) is 6.03. The van der Waals surface area contributed by atoms with E-state index in [0.717, 1.165) is 43.9 Å². The summed E-state index contributed by atoms with van der Waals surface area (Å²) < 4.78 is 11.0. The first-order valence-electron chi connectivity index (χ1n) is 7.96. The second kappa shape index (κ2) is 5.77. The van der Waals surface area contributed by atoms with Crippen molar-refractivity contribution in [3.8, 4) is 11.3 Å². The molecule has 2 aliphatic rings. The third kappa shape index (κ3) is 2.86. The van der Waals surface area contributed by atoms with Gasteiger partial charge in [0.25, 0.3) is 0 Å². The molecule has 0 aliphatic carbocycles. The molecule has 0 N–H and O–H groups in total. The first kappa shape index (κ1) is 14.4. The molecule has 2 aliphatic heterocycles. The van der Waals surface area contributed by atoms with E-state index in [1.807, 2.05) is 23.1 Å². The number of pyridine rings is 1. The average molecular weight is 313 g/mol. The minimum absolute atomic E-state index is 0.139. The van der Waals surface area contributed by atoms with Crippen LogP contribution >= 0.6 is 0 Å². The number of carbonyl (C=O) groups is 1. The van der Waals surface area contributed by atoms with Crippen molar-refractivity contribution in [2.75, 3.05) is 19.8 Å². The number of aromatic nitrogens is 2. The molecule has 23 heavy (non-hydrogen) atoms. The Hall–Kier alpha value is -2.21. The number of piperidine rings is 1. The van der Waals surface area contributed by atoms with Crippen LogP contribution in [0.4, 0.5) is 0 Å². The van der Waals surface area contributed by atoms with Crippen LogP contribution in [-0.4, -0.2) is 40.7 Å². The Labute approximate surface area is 134 Å². The van der Waals surface area contributed by atoms with Crippen LogP contribution in [0, 0.1) is 5.41 Å². The number of hydrogen-bond donors (Lipinski definition) is 0. The normalized spacial score (nSPS) is 24.5. The summed E-state index contributed by atoms with van der Waals surface area (Å²) in [6, 6.07) is 5.68. The van der Waals surface area contributed by atoms with Gasteiger partial charge in [-0.15, -0.1) is 0 Å². The van der Waals surface area contributed by atoms with Crippen LogP contribution in [0.1, 0.15) is 25.0 Å². The van der Waals surface area contributed by atoms with Crippen LogP contribution < -0.4 is 0 Å². The first-order chi connectivity index (χ1) is 11.2. The Kier molecular flexibility index (Phi) is 3.61. The molecule has 6 nitrogen and oxygen atoms in total. The van der Waals surface area contributed by atoms with Crippen molar-refractivity contribution < 1.29 is 14.1 Å². The van der Waals surface area contributed by atoms with E-state index in [4.69, 9.17) is 9.26 Å². The van der Waals surface area contributed by atoms with E-state index in [1.165, 1.54) is 0 Å². The van der Waals surface area contributed by atoms with Gasteiger partial charge in [0.15, 0.2) is 5.76 Å². The van der Waals surface area contributed by atoms with Crippen molar-refractivity contribution in [3.05, 3.63) is 36.4 Å². The average Bonchev–Trinajstić information content (AvgIpc) is 3.22. The second-order valence-corrected chi connectivity index (χ2v) is 6.47. The Morgan fingerprint density at radius 2 is 2.30 bits per heavy atom. The molecule has 2 aromatic rings. The van der Waals surface area contributed by atoms with E-state index in [2.05, 4.69) is 10.1 Å². The highest BCUT2D eigenvalue weighted by Gasteiger charge is 2.41. The summed E-state index contributed by atoms with van der Waals surface area (Å²) in [5.41, 5.74) is 1.80. The van der Waals surface area contributed by atoms with E-state index in [9.17, 15) is 4.79 Å². The molecule has 4 heterocycles. The maximum atomic E-state index is 12.2. The molecule has 6 heteroatoms. The molecule has 2 aromatic heterocycles. The largest absolute Gasteiger partial charge is 0.381 e. The zero-order chi connectivity index (χ0) is 15.7. The zero-order valence-electron chi connectivity index (χ0n) is 12.9. The van der Waals surface area contributed by atoms with Crippen molar-refractivity contribution in [1.82, 2.24) is 15.0 Å². The van der Waals surface area contributed by atoms with Crippen molar-refractivity contribution in [1.29, 1.82) is 0 Å². The van der Waals surface area contributed by atoms with Crippen molar-refractivity contribution >= 4 is 5.91 Å². The van der Waals surface area contributed by atoms with Crippen molar-refractivity contribution in [2.24, 2.45) is 5.41 Å². The lowest BCUT2D eigenvalue weighted by Crippen LogP contribution is -2.46. The fraction of sp³-hybridized carbons (Fsp3) is 0.471. The molecule has 1 amide bonds.